The molecule has 0 aromatic heterocycles. The van der Waals surface area contributed by atoms with E-state index in [4.69, 9.17) is 12.2 Å². The van der Waals surface area contributed by atoms with Gasteiger partial charge >= 0.3 is 0 Å². The van der Waals surface area contributed by atoms with Gasteiger partial charge in [-0.05, 0) is 43.1 Å². The fraction of sp³-hybridized carbons (Fsp3) is 0.278. The molecule has 0 saturated heterocycles. The molecule has 2 rings (SSSR count). The van der Waals surface area contributed by atoms with E-state index in [1.807, 2.05) is 24.3 Å². The largest absolute Gasteiger partial charge is 0.363 e. The molecule has 0 spiro atoms. The number of benzene rings is 2. The zero-order chi connectivity index (χ0) is 14.9. The van der Waals surface area contributed by atoms with Gasteiger partial charge in [0.25, 0.3) is 0 Å². The van der Waals surface area contributed by atoms with Gasteiger partial charge in [-0.25, -0.2) is 0 Å². The molecule has 0 aliphatic carbocycles. The molecule has 21 heavy (non-hydrogen) atoms. The fourth-order valence-corrected chi connectivity index (χ4v) is 2.49. The molecule has 0 aliphatic rings. The molecule has 2 aromatic rings. The van der Waals surface area contributed by atoms with Gasteiger partial charge in [-0.15, -0.1) is 0 Å². The van der Waals surface area contributed by atoms with Crippen molar-refractivity contribution in [3.8, 4) is 0 Å². The molecule has 0 heterocycles. The lowest BCUT2D eigenvalue weighted by atomic mass is 10.1. The first-order valence-electron chi connectivity index (χ1n) is 7.39. The highest BCUT2D eigenvalue weighted by atomic mass is 32.1. The van der Waals surface area contributed by atoms with Gasteiger partial charge in [0.2, 0.25) is 0 Å². The molecule has 3 heteroatoms. The van der Waals surface area contributed by atoms with Crippen LogP contribution in [0.4, 0.5) is 0 Å². The van der Waals surface area contributed by atoms with Crippen LogP contribution in [0.5, 0.6) is 0 Å². The smallest absolute Gasteiger partial charge is 0.166 e. The van der Waals surface area contributed by atoms with Crippen LogP contribution in [0.25, 0.3) is 0 Å². The zero-order valence-electron chi connectivity index (χ0n) is 12.4. The minimum absolute atomic E-state index is 0.223. The lowest BCUT2D eigenvalue weighted by Crippen LogP contribution is -2.37. The second kappa shape index (κ2) is 8.42. The first-order valence-corrected chi connectivity index (χ1v) is 7.80. The maximum absolute atomic E-state index is 5.34. The summed E-state index contributed by atoms with van der Waals surface area (Å²) < 4.78 is 0. The van der Waals surface area contributed by atoms with Gasteiger partial charge in [-0.2, -0.15) is 0 Å². The maximum Gasteiger partial charge on any atom is 0.166 e. The third-order valence-corrected chi connectivity index (χ3v) is 3.68. The molecule has 1 atom stereocenters. The third kappa shape index (κ3) is 5.56. The van der Waals surface area contributed by atoms with Gasteiger partial charge < -0.3 is 10.6 Å². The van der Waals surface area contributed by atoms with E-state index in [0.717, 1.165) is 24.5 Å². The molecule has 2 N–H and O–H groups in total. The lowest BCUT2D eigenvalue weighted by molar-refractivity contribution is 0.686. The molecule has 0 aliphatic heterocycles. The Labute approximate surface area is 132 Å². The van der Waals surface area contributed by atoms with E-state index in [-0.39, 0.29) is 6.04 Å². The predicted octanol–water partition coefficient (Wildman–Crippen LogP) is 3.84. The number of rotatable bonds is 6. The zero-order valence-corrected chi connectivity index (χ0v) is 13.2. The van der Waals surface area contributed by atoms with Gasteiger partial charge in [0, 0.05) is 6.54 Å². The van der Waals surface area contributed by atoms with Crippen LogP contribution < -0.4 is 10.6 Å². The van der Waals surface area contributed by atoms with Crippen LogP contribution in [0.3, 0.4) is 0 Å². The molecule has 0 amide bonds. The molecular weight excluding hydrogens is 276 g/mol. The average molecular weight is 298 g/mol. The second-order valence-electron chi connectivity index (χ2n) is 5.12. The normalized spacial score (nSPS) is 11.7. The third-order valence-electron chi connectivity index (χ3n) is 3.42. The van der Waals surface area contributed by atoms with Crippen molar-refractivity contribution >= 4 is 17.3 Å². The van der Waals surface area contributed by atoms with Crippen LogP contribution in [0.15, 0.2) is 60.7 Å². The predicted molar refractivity (Wildman–Crippen MR) is 93.4 cm³/mol. The summed E-state index contributed by atoms with van der Waals surface area (Å²) in [7, 11) is 0. The van der Waals surface area contributed by atoms with Crippen LogP contribution in [-0.2, 0) is 6.42 Å². The number of aryl methyl sites for hydroxylation is 1. The van der Waals surface area contributed by atoms with Crippen molar-refractivity contribution in [2.24, 2.45) is 0 Å². The van der Waals surface area contributed by atoms with Gasteiger partial charge in [-0.1, -0.05) is 60.7 Å². The highest BCUT2D eigenvalue weighted by molar-refractivity contribution is 7.80. The minimum atomic E-state index is 0.223. The van der Waals surface area contributed by atoms with Gasteiger partial charge in [0.1, 0.15) is 0 Å². The molecule has 0 radical (unpaired) electrons. The Morgan fingerprint density at radius 1 is 1.00 bits per heavy atom. The number of nitrogens with one attached hydrogen (secondary N) is 2. The van der Waals surface area contributed by atoms with Crippen molar-refractivity contribution in [1.29, 1.82) is 0 Å². The van der Waals surface area contributed by atoms with E-state index in [9.17, 15) is 0 Å². The summed E-state index contributed by atoms with van der Waals surface area (Å²) in [5.41, 5.74) is 2.61. The Morgan fingerprint density at radius 3 is 2.29 bits per heavy atom. The molecule has 1 unspecified atom stereocenters. The van der Waals surface area contributed by atoms with E-state index in [0.29, 0.717) is 0 Å². The molecule has 0 fully saturated rings. The Morgan fingerprint density at radius 2 is 1.62 bits per heavy atom. The van der Waals surface area contributed by atoms with E-state index in [1.54, 1.807) is 0 Å². The van der Waals surface area contributed by atoms with Gasteiger partial charge in [0.05, 0.1) is 6.04 Å². The minimum Gasteiger partial charge on any atom is -0.363 e. The first kappa shape index (κ1) is 15.5. The Balaban J connectivity index is 1.66. The van der Waals surface area contributed by atoms with Crippen LogP contribution >= 0.6 is 12.2 Å². The molecular formula is C18H22N2S. The molecule has 2 aromatic carbocycles. The summed E-state index contributed by atoms with van der Waals surface area (Å²) in [5, 5.41) is 7.31. The average Bonchev–Trinajstić information content (AvgIpc) is 2.53. The maximum atomic E-state index is 5.34. The lowest BCUT2D eigenvalue weighted by Gasteiger charge is -2.17. The van der Waals surface area contributed by atoms with Crippen LogP contribution in [-0.4, -0.2) is 11.7 Å². The highest BCUT2D eigenvalue weighted by Crippen LogP contribution is 2.10. The number of hydrogen-bond donors (Lipinski definition) is 2. The van der Waals surface area contributed by atoms with Crippen molar-refractivity contribution in [2.75, 3.05) is 6.54 Å². The van der Waals surface area contributed by atoms with E-state index in [2.05, 4.69) is 54.0 Å². The number of hydrogen-bond acceptors (Lipinski definition) is 1. The molecule has 2 nitrogen and oxygen atoms in total. The summed E-state index contributed by atoms with van der Waals surface area (Å²) in [4.78, 5) is 0. The molecule has 0 bridgehead atoms. The number of thiocarbonyl (C=S) groups is 1. The first-order chi connectivity index (χ1) is 10.3. The van der Waals surface area contributed by atoms with Crippen molar-refractivity contribution < 1.29 is 0 Å². The Hall–Kier alpha value is -1.87. The Bertz CT molecular complexity index is 540. The SMILES string of the molecule is CC(NC(=S)NCCCc1ccccc1)c1ccccc1. The quantitative estimate of drug-likeness (QED) is 0.626. The van der Waals surface area contributed by atoms with Crippen molar-refractivity contribution in [3.05, 3.63) is 71.8 Å². The summed E-state index contributed by atoms with van der Waals surface area (Å²) in [6, 6.07) is 21.1. The van der Waals surface area contributed by atoms with Gasteiger partial charge in [-0.3, -0.25) is 0 Å². The fourth-order valence-electron chi connectivity index (χ4n) is 2.21. The van der Waals surface area contributed by atoms with E-state index in [1.165, 1.54) is 11.1 Å². The van der Waals surface area contributed by atoms with Crippen molar-refractivity contribution in [3.63, 3.8) is 0 Å². The highest BCUT2D eigenvalue weighted by Gasteiger charge is 2.05. The van der Waals surface area contributed by atoms with E-state index < -0.39 is 0 Å². The topological polar surface area (TPSA) is 24.1 Å². The summed E-state index contributed by atoms with van der Waals surface area (Å²) in [6.45, 7) is 3.01. The van der Waals surface area contributed by atoms with Crippen LogP contribution in [0.1, 0.15) is 30.5 Å². The van der Waals surface area contributed by atoms with E-state index >= 15 is 0 Å². The monoisotopic (exact) mass is 298 g/mol. The summed E-state index contributed by atoms with van der Waals surface area (Å²) >= 11 is 5.34. The molecule has 110 valence electrons. The van der Waals surface area contributed by atoms with Crippen molar-refractivity contribution in [2.45, 2.75) is 25.8 Å². The second-order valence-corrected chi connectivity index (χ2v) is 5.53. The van der Waals surface area contributed by atoms with Gasteiger partial charge in [0.15, 0.2) is 5.11 Å². The Kier molecular flexibility index (Phi) is 6.22. The van der Waals surface area contributed by atoms with Crippen LogP contribution in [0, 0.1) is 0 Å². The van der Waals surface area contributed by atoms with Crippen LogP contribution in [0.2, 0.25) is 0 Å². The standard InChI is InChI=1S/C18H22N2S/c1-15(17-12-6-3-7-13-17)20-18(21)19-14-8-11-16-9-4-2-5-10-16/h2-7,9-10,12-13,15H,8,11,14H2,1H3,(H2,19,20,21). The molecule has 0 saturated carbocycles. The van der Waals surface area contributed by atoms with Crippen molar-refractivity contribution in [1.82, 2.24) is 10.6 Å². The summed E-state index contributed by atoms with van der Waals surface area (Å²) in [6.07, 6.45) is 2.15. The summed E-state index contributed by atoms with van der Waals surface area (Å²) in [5.74, 6) is 0.